The first-order valence-electron chi connectivity index (χ1n) is 5.66. The van der Waals surface area contributed by atoms with Gasteiger partial charge in [0.15, 0.2) is 0 Å². The second-order valence-electron chi connectivity index (χ2n) is 3.98. The average Bonchev–Trinajstić information content (AvgIpc) is 2.73. The van der Waals surface area contributed by atoms with E-state index >= 15 is 0 Å². The number of carbonyl (C=O) groups is 1. The van der Waals surface area contributed by atoms with Gasteiger partial charge in [-0.3, -0.25) is 4.79 Å². The highest BCUT2D eigenvalue weighted by molar-refractivity contribution is 7.99. The minimum atomic E-state index is -0.116. The standard InChI is InChI=1S/C13H17NO2S2/c1-10(2)14-13(16)9-17-8-12-6-11(7-18-12)4-3-5-15/h6-7,10,15H,5,8-9H2,1-2H3,(H,14,16). The maximum Gasteiger partial charge on any atom is 0.230 e. The fourth-order valence-corrected chi connectivity index (χ4v) is 3.05. The van der Waals surface area contributed by atoms with Crippen LogP contribution in [0.3, 0.4) is 0 Å². The normalized spacial score (nSPS) is 10.0. The Labute approximate surface area is 116 Å². The summed E-state index contributed by atoms with van der Waals surface area (Å²) < 4.78 is 0. The van der Waals surface area contributed by atoms with Crippen LogP contribution in [0.5, 0.6) is 0 Å². The Morgan fingerprint density at radius 2 is 2.39 bits per heavy atom. The van der Waals surface area contributed by atoms with Gasteiger partial charge in [0.2, 0.25) is 5.91 Å². The highest BCUT2D eigenvalue weighted by atomic mass is 32.2. The molecule has 1 aromatic heterocycles. The lowest BCUT2D eigenvalue weighted by molar-refractivity contribution is -0.119. The van der Waals surface area contributed by atoms with E-state index in [0.29, 0.717) is 5.75 Å². The van der Waals surface area contributed by atoms with Crippen LogP contribution in [0, 0.1) is 11.8 Å². The molecule has 1 rings (SSSR count). The van der Waals surface area contributed by atoms with Crippen molar-refractivity contribution in [1.82, 2.24) is 5.32 Å². The first kappa shape index (κ1) is 15.1. The summed E-state index contributed by atoms with van der Waals surface area (Å²) in [6.45, 7) is 3.79. The molecule has 0 aromatic carbocycles. The van der Waals surface area contributed by atoms with Crippen molar-refractivity contribution in [2.45, 2.75) is 25.6 Å². The minimum Gasteiger partial charge on any atom is -0.384 e. The quantitative estimate of drug-likeness (QED) is 0.811. The van der Waals surface area contributed by atoms with Crippen LogP contribution in [0.25, 0.3) is 0 Å². The minimum absolute atomic E-state index is 0.0758. The van der Waals surface area contributed by atoms with Gasteiger partial charge >= 0.3 is 0 Å². The van der Waals surface area contributed by atoms with E-state index in [-0.39, 0.29) is 18.6 Å². The van der Waals surface area contributed by atoms with Gasteiger partial charge in [-0.05, 0) is 19.9 Å². The number of carbonyl (C=O) groups excluding carboxylic acids is 1. The van der Waals surface area contributed by atoms with Crippen molar-refractivity contribution in [3.8, 4) is 11.8 Å². The summed E-state index contributed by atoms with van der Waals surface area (Å²) in [7, 11) is 0. The topological polar surface area (TPSA) is 49.3 Å². The van der Waals surface area contributed by atoms with Crippen LogP contribution >= 0.6 is 23.1 Å². The molecule has 0 bridgehead atoms. The van der Waals surface area contributed by atoms with E-state index in [4.69, 9.17) is 5.11 Å². The zero-order valence-corrected chi connectivity index (χ0v) is 12.2. The lowest BCUT2D eigenvalue weighted by Crippen LogP contribution is -2.31. The highest BCUT2D eigenvalue weighted by Gasteiger charge is 2.04. The summed E-state index contributed by atoms with van der Waals surface area (Å²) in [5.41, 5.74) is 0.927. The SMILES string of the molecule is CC(C)NC(=O)CSCc1cc(C#CCO)cs1. The Morgan fingerprint density at radius 3 is 3.06 bits per heavy atom. The average molecular weight is 283 g/mol. The first-order chi connectivity index (χ1) is 8.61. The molecule has 2 N–H and O–H groups in total. The number of nitrogens with one attached hydrogen (secondary N) is 1. The summed E-state index contributed by atoms with van der Waals surface area (Å²) in [5, 5.41) is 13.4. The van der Waals surface area contributed by atoms with Crippen molar-refractivity contribution in [2.24, 2.45) is 0 Å². The van der Waals surface area contributed by atoms with E-state index in [1.54, 1.807) is 23.1 Å². The van der Waals surface area contributed by atoms with E-state index in [1.165, 1.54) is 4.88 Å². The number of rotatable bonds is 5. The molecule has 1 aromatic rings. The summed E-state index contributed by atoms with van der Waals surface area (Å²) in [6, 6.07) is 2.20. The molecular weight excluding hydrogens is 266 g/mol. The van der Waals surface area contributed by atoms with E-state index < -0.39 is 0 Å². The van der Waals surface area contributed by atoms with Crippen LogP contribution in [0.4, 0.5) is 0 Å². The fraction of sp³-hybridized carbons (Fsp3) is 0.462. The fourth-order valence-electron chi connectivity index (χ4n) is 1.27. The zero-order chi connectivity index (χ0) is 13.4. The van der Waals surface area contributed by atoms with Crippen LogP contribution in [0.15, 0.2) is 11.4 Å². The summed E-state index contributed by atoms with van der Waals surface area (Å²) in [6.07, 6.45) is 0. The molecule has 0 saturated carbocycles. The number of aliphatic hydroxyl groups is 1. The Kier molecular flexibility index (Phi) is 6.88. The molecule has 0 spiro atoms. The summed E-state index contributed by atoms with van der Waals surface area (Å²) >= 11 is 3.22. The van der Waals surface area contributed by atoms with Crippen molar-refractivity contribution < 1.29 is 9.90 Å². The number of hydrogen-bond donors (Lipinski definition) is 2. The highest BCUT2D eigenvalue weighted by Crippen LogP contribution is 2.19. The van der Waals surface area contributed by atoms with Crippen LogP contribution in [-0.4, -0.2) is 29.4 Å². The molecule has 98 valence electrons. The van der Waals surface area contributed by atoms with E-state index in [1.807, 2.05) is 25.3 Å². The molecule has 0 aliphatic heterocycles. The van der Waals surface area contributed by atoms with Gasteiger partial charge in [-0.1, -0.05) is 11.8 Å². The second-order valence-corrected chi connectivity index (χ2v) is 5.96. The largest absolute Gasteiger partial charge is 0.384 e. The van der Waals surface area contributed by atoms with Crippen molar-refractivity contribution in [3.05, 3.63) is 21.9 Å². The summed E-state index contributed by atoms with van der Waals surface area (Å²) in [4.78, 5) is 12.6. The number of thiophene rings is 1. The summed E-state index contributed by atoms with van der Waals surface area (Å²) in [5.74, 6) is 6.85. The molecule has 5 heteroatoms. The second kappa shape index (κ2) is 8.20. The van der Waals surface area contributed by atoms with Crippen molar-refractivity contribution in [1.29, 1.82) is 0 Å². The molecule has 3 nitrogen and oxygen atoms in total. The molecular formula is C13H17NO2S2. The third-order valence-corrected chi connectivity index (χ3v) is 3.99. The van der Waals surface area contributed by atoms with Gasteiger partial charge in [0.25, 0.3) is 0 Å². The molecule has 0 fully saturated rings. The third-order valence-electron chi connectivity index (χ3n) is 1.89. The van der Waals surface area contributed by atoms with Crippen molar-refractivity contribution >= 4 is 29.0 Å². The van der Waals surface area contributed by atoms with Crippen LogP contribution in [0.1, 0.15) is 24.3 Å². The van der Waals surface area contributed by atoms with Crippen LogP contribution in [0.2, 0.25) is 0 Å². The van der Waals surface area contributed by atoms with E-state index in [0.717, 1.165) is 11.3 Å². The van der Waals surface area contributed by atoms with E-state index in [9.17, 15) is 4.79 Å². The molecule has 1 amide bonds. The Balaban J connectivity index is 2.31. The van der Waals surface area contributed by atoms with Gasteiger partial charge in [-0.25, -0.2) is 0 Å². The van der Waals surface area contributed by atoms with Gasteiger partial charge in [-0.2, -0.15) is 0 Å². The smallest absolute Gasteiger partial charge is 0.230 e. The molecule has 0 radical (unpaired) electrons. The predicted molar refractivity (Wildman–Crippen MR) is 77.7 cm³/mol. The number of aliphatic hydroxyl groups excluding tert-OH is 1. The lowest BCUT2D eigenvalue weighted by atomic mass is 10.3. The molecule has 0 atom stereocenters. The maximum absolute atomic E-state index is 11.4. The van der Waals surface area contributed by atoms with E-state index in [2.05, 4.69) is 17.2 Å². The van der Waals surface area contributed by atoms with Gasteiger partial charge in [0.1, 0.15) is 6.61 Å². The van der Waals surface area contributed by atoms with Crippen molar-refractivity contribution in [2.75, 3.05) is 12.4 Å². The molecule has 18 heavy (non-hydrogen) atoms. The number of amides is 1. The van der Waals surface area contributed by atoms with Gasteiger partial charge in [-0.15, -0.1) is 23.1 Å². The van der Waals surface area contributed by atoms with Gasteiger partial charge < -0.3 is 10.4 Å². The number of hydrogen-bond acceptors (Lipinski definition) is 4. The van der Waals surface area contributed by atoms with Gasteiger partial charge in [0, 0.05) is 27.6 Å². The van der Waals surface area contributed by atoms with Gasteiger partial charge in [0.05, 0.1) is 5.75 Å². The van der Waals surface area contributed by atoms with Crippen molar-refractivity contribution in [3.63, 3.8) is 0 Å². The third kappa shape index (κ3) is 6.10. The Bertz CT molecular complexity index is 443. The molecule has 0 unspecified atom stereocenters. The Hall–Kier alpha value is -0.960. The molecule has 0 aliphatic carbocycles. The zero-order valence-electron chi connectivity index (χ0n) is 10.5. The number of thioether (sulfide) groups is 1. The Morgan fingerprint density at radius 1 is 1.61 bits per heavy atom. The monoisotopic (exact) mass is 283 g/mol. The van der Waals surface area contributed by atoms with Crippen LogP contribution < -0.4 is 5.32 Å². The lowest BCUT2D eigenvalue weighted by Gasteiger charge is -2.07. The van der Waals surface area contributed by atoms with Crippen LogP contribution in [-0.2, 0) is 10.5 Å². The maximum atomic E-state index is 11.4. The molecule has 1 heterocycles. The molecule has 0 aliphatic rings. The first-order valence-corrected chi connectivity index (χ1v) is 7.69. The predicted octanol–water partition coefficient (Wildman–Crippen LogP) is 1.85. The molecule has 0 saturated heterocycles.